The first-order chi connectivity index (χ1) is 9.56. The molecule has 0 aliphatic carbocycles. The molecule has 1 amide bonds. The predicted octanol–water partition coefficient (Wildman–Crippen LogP) is 1.74. The van der Waals surface area contributed by atoms with E-state index in [1.54, 1.807) is 22.9 Å². The molecule has 2 aromatic heterocycles. The van der Waals surface area contributed by atoms with Gasteiger partial charge in [-0.2, -0.15) is 5.10 Å². The molecule has 0 radical (unpaired) electrons. The fraction of sp³-hybridized carbons (Fsp3) is 0.462. The van der Waals surface area contributed by atoms with E-state index >= 15 is 0 Å². The van der Waals surface area contributed by atoms with Crippen LogP contribution in [0.3, 0.4) is 0 Å². The highest BCUT2D eigenvalue weighted by atomic mass is 32.1. The Morgan fingerprint density at radius 3 is 2.85 bits per heavy atom. The molecule has 3 N–H and O–H groups in total. The van der Waals surface area contributed by atoms with Crippen LogP contribution < -0.4 is 11.1 Å². The highest BCUT2D eigenvalue weighted by Gasteiger charge is 2.19. The lowest BCUT2D eigenvalue weighted by molar-refractivity contribution is 0.0941. The van der Waals surface area contributed by atoms with Crippen molar-refractivity contribution in [3.63, 3.8) is 0 Å². The summed E-state index contributed by atoms with van der Waals surface area (Å²) in [7, 11) is 0. The number of nitrogen functional groups attached to an aromatic ring is 1. The molecule has 0 bridgehead atoms. The van der Waals surface area contributed by atoms with Crippen molar-refractivity contribution in [2.75, 3.05) is 5.73 Å². The maximum Gasteiger partial charge on any atom is 0.272 e. The number of carbonyl (C=O) groups is 1. The van der Waals surface area contributed by atoms with E-state index in [1.165, 1.54) is 4.88 Å². The highest BCUT2D eigenvalue weighted by molar-refractivity contribution is 7.11. The normalized spacial score (nSPS) is 10.8. The second-order valence-electron chi connectivity index (χ2n) is 4.42. The molecule has 6 nitrogen and oxygen atoms in total. The van der Waals surface area contributed by atoms with Crippen molar-refractivity contribution in [1.82, 2.24) is 20.1 Å². The molecule has 108 valence electrons. The summed E-state index contributed by atoms with van der Waals surface area (Å²) in [6.07, 6.45) is 2.81. The molecule has 0 aliphatic rings. The number of aryl methyl sites for hydroxylation is 3. The Hall–Kier alpha value is -1.89. The summed E-state index contributed by atoms with van der Waals surface area (Å²) < 4.78 is 1.62. The van der Waals surface area contributed by atoms with Gasteiger partial charge in [0, 0.05) is 17.6 Å². The fourth-order valence-electron chi connectivity index (χ4n) is 1.90. The van der Waals surface area contributed by atoms with E-state index in [0.29, 0.717) is 30.2 Å². The zero-order valence-electron chi connectivity index (χ0n) is 11.9. The van der Waals surface area contributed by atoms with Crippen LogP contribution in [0.25, 0.3) is 0 Å². The van der Waals surface area contributed by atoms with E-state index < -0.39 is 0 Å². The van der Waals surface area contributed by atoms with Crippen molar-refractivity contribution < 1.29 is 4.79 Å². The van der Waals surface area contributed by atoms with Crippen molar-refractivity contribution >= 4 is 22.9 Å². The molecule has 7 heteroatoms. The summed E-state index contributed by atoms with van der Waals surface area (Å²) in [6.45, 7) is 6.83. The molecular weight excluding hydrogens is 274 g/mol. The summed E-state index contributed by atoms with van der Waals surface area (Å²) in [5, 5.41) is 7.99. The van der Waals surface area contributed by atoms with Crippen LogP contribution in [0.2, 0.25) is 0 Å². The van der Waals surface area contributed by atoms with Crippen LogP contribution in [0.1, 0.15) is 39.9 Å². The minimum absolute atomic E-state index is 0.210. The van der Waals surface area contributed by atoms with Gasteiger partial charge in [0.25, 0.3) is 5.91 Å². The number of nitrogens with zero attached hydrogens (tertiary/aromatic N) is 3. The predicted molar refractivity (Wildman–Crippen MR) is 79.7 cm³/mol. The number of hydrogen-bond acceptors (Lipinski definition) is 5. The van der Waals surface area contributed by atoms with Crippen molar-refractivity contribution in [2.45, 2.75) is 40.3 Å². The van der Waals surface area contributed by atoms with Gasteiger partial charge in [0.15, 0.2) is 0 Å². The second-order valence-corrected chi connectivity index (χ2v) is 5.62. The topological polar surface area (TPSA) is 85.8 Å². The van der Waals surface area contributed by atoms with Gasteiger partial charge < -0.3 is 11.1 Å². The van der Waals surface area contributed by atoms with E-state index in [1.807, 2.05) is 13.1 Å². The molecule has 2 heterocycles. The van der Waals surface area contributed by atoms with Gasteiger partial charge in [0.2, 0.25) is 0 Å². The zero-order chi connectivity index (χ0) is 14.7. The smallest absolute Gasteiger partial charge is 0.272 e. The molecule has 0 atom stereocenters. The van der Waals surface area contributed by atoms with Gasteiger partial charge in [-0.1, -0.05) is 6.92 Å². The average Bonchev–Trinajstić information content (AvgIpc) is 3.01. The number of amides is 1. The minimum atomic E-state index is -0.210. The van der Waals surface area contributed by atoms with Crippen molar-refractivity contribution in [3.8, 4) is 0 Å². The molecular formula is C13H19N5OS. The maximum absolute atomic E-state index is 12.2. The van der Waals surface area contributed by atoms with Gasteiger partial charge in [-0.25, -0.2) is 4.98 Å². The first-order valence-corrected chi connectivity index (χ1v) is 7.43. The summed E-state index contributed by atoms with van der Waals surface area (Å²) in [5.41, 5.74) is 7.47. The largest absolute Gasteiger partial charge is 0.395 e. The van der Waals surface area contributed by atoms with Crippen molar-refractivity contribution in [3.05, 3.63) is 27.5 Å². The third kappa shape index (κ3) is 2.82. The Morgan fingerprint density at radius 2 is 2.25 bits per heavy atom. The monoisotopic (exact) mass is 293 g/mol. The van der Waals surface area contributed by atoms with E-state index in [-0.39, 0.29) is 5.91 Å². The standard InChI is InChI=1S/C13H19N5OS/c1-4-9-6-15-10(20-9)7-16-13(19)12-11(14)8(3)17-18(12)5-2/h6H,4-5,7,14H2,1-3H3,(H,16,19). The van der Waals surface area contributed by atoms with E-state index in [2.05, 4.69) is 22.3 Å². The highest BCUT2D eigenvalue weighted by Crippen LogP contribution is 2.17. The molecule has 0 saturated carbocycles. The van der Waals surface area contributed by atoms with Crippen molar-refractivity contribution in [1.29, 1.82) is 0 Å². The summed E-state index contributed by atoms with van der Waals surface area (Å²) >= 11 is 1.61. The van der Waals surface area contributed by atoms with Gasteiger partial charge in [-0.05, 0) is 20.3 Å². The molecule has 2 aromatic rings. The van der Waals surface area contributed by atoms with Gasteiger partial charge in [0.05, 0.1) is 17.9 Å². The number of hydrogen-bond donors (Lipinski definition) is 2. The SMILES string of the molecule is CCc1cnc(CNC(=O)c2c(N)c(C)nn2CC)s1. The van der Waals surface area contributed by atoms with E-state index in [4.69, 9.17) is 5.73 Å². The van der Waals surface area contributed by atoms with Gasteiger partial charge in [0.1, 0.15) is 10.7 Å². The number of nitrogens with two attached hydrogens (primary N) is 1. The molecule has 0 saturated heterocycles. The lowest BCUT2D eigenvalue weighted by atomic mass is 10.3. The van der Waals surface area contributed by atoms with Crippen LogP contribution in [-0.4, -0.2) is 20.7 Å². The molecule has 0 fully saturated rings. The molecule has 2 rings (SSSR count). The van der Waals surface area contributed by atoms with Crippen molar-refractivity contribution in [2.24, 2.45) is 0 Å². The molecule has 0 spiro atoms. The second kappa shape index (κ2) is 6.04. The van der Waals surface area contributed by atoms with Crippen LogP contribution >= 0.6 is 11.3 Å². The molecule has 0 unspecified atom stereocenters. The van der Waals surface area contributed by atoms with Crippen LogP contribution in [-0.2, 0) is 19.5 Å². The van der Waals surface area contributed by atoms with Crippen LogP contribution in [0, 0.1) is 6.92 Å². The Labute approximate surface area is 122 Å². The summed E-state index contributed by atoms with van der Waals surface area (Å²) in [6, 6.07) is 0. The number of thiazole rings is 1. The maximum atomic E-state index is 12.2. The van der Waals surface area contributed by atoms with E-state index in [9.17, 15) is 4.79 Å². The van der Waals surface area contributed by atoms with Crippen LogP contribution in [0.4, 0.5) is 5.69 Å². The van der Waals surface area contributed by atoms with Gasteiger partial charge in [-0.15, -0.1) is 11.3 Å². The fourth-order valence-corrected chi connectivity index (χ4v) is 2.70. The van der Waals surface area contributed by atoms with Crippen LogP contribution in [0.5, 0.6) is 0 Å². The van der Waals surface area contributed by atoms with Gasteiger partial charge >= 0.3 is 0 Å². The quantitative estimate of drug-likeness (QED) is 0.879. The number of aromatic nitrogens is 3. The third-order valence-electron chi connectivity index (χ3n) is 3.04. The lowest BCUT2D eigenvalue weighted by Crippen LogP contribution is -2.26. The Kier molecular flexibility index (Phi) is 4.39. The Morgan fingerprint density at radius 1 is 1.50 bits per heavy atom. The minimum Gasteiger partial charge on any atom is -0.395 e. The van der Waals surface area contributed by atoms with Gasteiger partial charge in [-0.3, -0.25) is 9.48 Å². The Balaban J connectivity index is 2.08. The number of anilines is 1. The number of nitrogens with one attached hydrogen (secondary N) is 1. The van der Waals surface area contributed by atoms with Crippen LogP contribution in [0.15, 0.2) is 6.20 Å². The summed E-state index contributed by atoms with van der Waals surface area (Å²) in [4.78, 5) is 17.7. The molecule has 0 aromatic carbocycles. The Bertz CT molecular complexity index is 616. The number of carbonyl (C=O) groups excluding carboxylic acids is 1. The van der Waals surface area contributed by atoms with E-state index in [0.717, 1.165) is 11.4 Å². The lowest BCUT2D eigenvalue weighted by Gasteiger charge is -2.06. The number of rotatable bonds is 5. The third-order valence-corrected chi connectivity index (χ3v) is 4.18. The summed E-state index contributed by atoms with van der Waals surface area (Å²) in [5.74, 6) is -0.210. The first kappa shape index (κ1) is 14.5. The molecule has 0 aliphatic heterocycles. The zero-order valence-corrected chi connectivity index (χ0v) is 12.8. The average molecular weight is 293 g/mol. The molecule has 20 heavy (non-hydrogen) atoms. The first-order valence-electron chi connectivity index (χ1n) is 6.61.